The lowest BCUT2D eigenvalue weighted by Gasteiger charge is -2.22. The Balaban J connectivity index is 2.01. The molecule has 0 bridgehead atoms. The molecule has 140 valence electrons. The number of benzene rings is 2. The maximum atomic E-state index is 14.3. The SMILES string of the molecule is COC(=O)NCCNc1ccc(F)c2c1C(=O)c1c(O)ccc(O)c1C2=O. The summed E-state index contributed by atoms with van der Waals surface area (Å²) in [5, 5.41) is 25.2. The van der Waals surface area contributed by atoms with E-state index in [1.54, 1.807) is 0 Å². The molecule has 0 spiro atoms. The fraction of sp³-hybridized carbons (Fsp3) is 0.167. The van der Waals surface area contributed by atoms with E-state index < -0.39 is 46.1 Å². The average Bonchev–Trinajstić information content (AvgIpc) is 2.65. The number of ether oxygens (including phenoxy) is 1. The molecule has 2 aromatic carbocycles. The van der Waals surface area contributed by atoms with Crippen molar-refractivity contribution in [2.75, 3.05) is 25.5 Å². The number of amides is 1. The van der Waals surface area contributed by atoms with Crippen LogP contribution in [0.5, 0.6) is 11.5 Å². The summed E-state index contributed by atoms with van der Waals surface area (Å²) in [4.78, 5) is 36.6. The van der Waals surface area contributed by atoms with Crippen LogP contribution in [0.2, 0.25) is 0 Å². The number of hydrogen-bond acceptors (Lipinski definition) is 7. The van der Waals surface area contributed by atoms with Crippen molar-refractivity contribution in [1.82, 2.24) is 5.32 Å². The van der Waals surface area contributed by atoms with Crippen LogP contribution < -0.4 is 10.6 Å². The second-order valence-electron chi connectivity index (χ2n) is 5.70. The van der Waals surface area contributed by atoms with Crippen LogP contribution in [0.15, 0.2) is 24.3 Å². The van der Waals surface area contributed by atoms with Crippen molar-refractivity contribution in [1.29, 1.82) is 0 Å². The number of hydrogen-bond donors (Lipinski definition) is 4. The molecule has 1 aliphatic rings. The zero-order chi connectivity index (χ0) is 19.7. The van der Waals surface area contributed by atoms with Crippen LogP contribution in [0, 0.1) is 5.82 Å². The van der Waals surface area contributed by atoms with E-state index in [4.69, 9.17) is 0 Å². The van der Waals surface area contributed by atoms with Gasteiger partial charge in [0.2, 0.25) is 11.6 Å². The molecule has 0 saturated heterocycles. The minimum Gasteiger partial charge on any atom is -0.507 e. The number of alkyl carbamates (subject to hydrolysis) is 1. The predicted molar refractivity (Wildman–Crippen MR) is 91.9 cm³/mol. The van der Waals surface area contributed by atoms with Gasteiger partial charge < -0.3 is 25.6 Å². The van der Waals surface area contributed by atoms with E-state index in [9.17, 15) is 29.0 Å². The summed E-state index contributed by atoms with van der Waals surface area (Å²) in [7, 11) is 1.21. The van der Waals surface area contributed by atoms with Crippen LogP contribution >= 0.6 is 0 Å². The van der Waals surface area contributed by atoms with Gasteiger partial charge >= 0.3 is 6.09 Å². The number of fused-ring (bicyclic) bond motifs is 2. The number of rotatable bonds is 4. The van der Waals surface area contributed by atoms with Crippen molar-refractivity contribution in [2.24, 2.45) is 0 Å². The molecule has 0 saturated carbocycles. The fourth-order valence-electron chi connectivity index (χ4n) is 2.91. The van der Waals surface area contributed by atoms with Crippen molar-refractivity contribution in [3.05, 3.63) is 52.3 Å². The Hall–Kier alpha value is -3.62. The summed E-state index contributed by atoms with van der Waals surface area (Å²) in [6, 6.07) is 4.44. The van der Waals surface area contributed by atoms with Crippen LogP contribution in [0.1, 0.15) is 31.8 Å². The topological polar surface area (TPSA) is 125 Å². The van der Waals surface area contributed by atoms with E-state index in [1.165, 1.54) is 13.2 Å². The molecule has 0 radical (unpaired) electrons. The molecule has 9 heteroatoms. The molecule has 0 unspecified atom stereocenters. The summed E-state index contributed by atoms with van der Waals surface area (Å²) < 4.78 is 18.7. The van der Waals surface area contributed by atoms with Gasteiger partial charge in [0, 0.05) is 18.8 Å². The first-order valence-electron chi connectivity index (χ1n) is 7.89. The molecule has 0 fully saturated rings. The lowest BCUT2D eigenvalue weighted by molar-refractivity contribution is 0.0971. The molecule has 0 heterocycles. The van der Waals surface area contributed by atoms with Gasteiger partial charge in [-0.3, -0.25) is 9.59 Å². The molecule has 27 heavy (non-hydrogen) atoms. The maximum Gasteiger partial charge on any atom is 0.406 e. The lowest BCUT2D eigenvalue weighted by atomic mass is 9.82. The fourth-order valence-corrected chi connectivity index (χ4v) is 2.91. The Labute approximate surface area is 152 Å². The Morgan fingerprint density at radius 2 is 1.56 bits per heavy atom. The van der Waals surface area contributed by atoms with Gasteiger partial charge in [-0.1, -0.05) is 0 Å². The largest absolute Gasteiger partial charge is 0.507 e. The number of anilines is 1. The quantitative estimate of drug-likeness (QED) is 0.405. The summed E-state index contributed by atoms with van der Waals surface area (Å²) in [5.41, 5.74) is -1.39. The molecule has 8 nitrogen and oxygen atoms in total. The first-order valence-corrected chi connectivity index (χ1v) is 7.89. The smallest absolute Gasteiger partial charge is 0.406 e. The van der Waals surface area contributed by atoms with Gasteiger partial charge in [-0.2, -0.15) is 0 Å². The van der Waals surface area contributed by atoms with Gasteiger partial charge in [0.15, 0.2) is 0 Å². The molecular weight excluding hydrogens is 359 g/mol. The van der Waals surface area contributed by atoms with E-state index in [0.717, 1.165) is 18.2 Å². The van der Waals surface area contributed by atoms with E-state index in [1.807, 2.05) is 0 Å². The number of aromatic hydroxyl groups is 2. The highest BCUT2D eigenvalue weighted by Gasteiger charge is 2.38. The number of nitrogens with one attached hydrogen (secondary N) is 2. The summed E-state index contributed by atoms with van der Waals surface area (Å²) in [6.45, 7) is 0.303. The molecule has 0 atom stereocenters. The lowest BCUT2D eigenvalue weighted by Crippen LogP contribution is -2.29. The number of phenols is 2. The van der Waals surface area contributed by atoms with Gasteiger partial charge in [0.25, 0.3) is 0 Å². The highest BCUT2D eigenvalue weighted by atomic mass is 19.1. The van der Waals surface area contributed by atoms with E-state index in [-0.39, 0.29) is 29.9 Å². The second-order valence-corrected chi connectivity index (χ2v) is 5.70. The number of carbonyl (C=O) groups is 3. The predicted octanol–water partition coefficient (Wildman–Crippen LogP) is 1.78. The summed E-state index contributed by atoms with van der Waals surface area (Å²) >= 11 is 0. The summed E-state index contributed by atoms with van der Waals surface area (Å²) in [5.74, 6) is -3.63. The van der Waals surface area contributed by atoms with Crippen LogP contribution in [-0.4, -0.2) is 48.1 Å². The van der Waals surface area contributed by atoms with E-state index in [2.05, 4.69) is 15.4 Å². The number of ketones is 2. The third-order valence-electron chi connectivity index (χ3n) is 4.12. The second kappa shape index (κ2) is 6.94. The molecule has 0 aliphatic heterocycles. The first kappa shape index (κ1) is 18.2. The van der Waals surface area contributed by atoms with Crippen LogP contribution in [0.25, 0.3) is 0 Å². The molecule has 0 aromatic heterocycles. The minimum atomic E-state index is -0.921. The molecule has 1 amide bonds. The highest BCUT2D eigenvalue weighted by Crippen LogP contribution is 2.40. The third kappa shape index (κ3) is 3.03. The highest BCUT2D eigenvalue weighted by molar-refractivity contribution is 6.31. The van der Waals surface area contributed by atoms with Crippen molar-refractivity contribution >= 4 is 23.3 Å². The van der Waals surface area contributed by atoms with E-state index >= 15 is 0 Å². The Morgan fingerprint density at radius 1 is 0.963 bits per heavy atom. The van der Waals surface area contributed by atoms with Crippen LogP contribution in [0.3, 0.4) is 0 Å². The van der Waals surface area contributed by atoms with Crippen LogP contribution in [-0.2, 0) is 4.74 Å². The minimum absolute atomic E-state index is 0.142. The average molecular weight is 374 g/mol. The maximum absolute atomic E-state index is 14.3. The van der Waals surface area contributed by atoms with Crippen molar-refractivity contribution < 1.29 is 33.7 Å². The van der Waals surface area contributed by atoms with Crippen molar-refractivity contribution in [3.63, 3.8) is 0 Å². The Bertz CT molecular complexity index is 973. The van der Waals surface area contributed by atoms with Crippen molar-refractivity contribution in [3.8, 4) is 11.5 Å². The number of carbonyl (C=O) groups excluding carboxylic acids is 3. The third-order valence-corrected chi connectivity index (χ3v) is 4.12. The molecule has 2 aromatic rings. The van der Waals surface area contributed by atoms with Gasteiger partial charge in [-0.05, 0) is 24.3 Å². The number of methoxy groups -OCH3 is 1. The van der Waals surface area contributed by atoms with Gasteiger partial charge in [-0.25, -0.2) is 9.18 Å². The van der Waals surface area contributed by atoms with Gasteiger partial charge in [0.05, 0.1) is 29.4 Å². The summed E-state index contributed by atoms with van der Waals surface area (Å²) in [6.07, 6.45) is -0.640. The molecular formula is C18H15FN2O6. The molecule has 1 aliphatic carbocycles. The zero-order valence-corrected chi connectivity index (χ0v) is 14.1. The van der Waals surface area contributed by atoms with Gasteiger partial charge in [0.1, 0.15) is 17.3 Å². The zero-order valence-electron chi connectivity index (χ0n) is 14.1. The molecule has 3 rings (SSSR count). The normalized spacial score (nSPS) is 12.2. The Kier molecular flexibility index (Phi) is 4.68. The number of halogens is 1. The van der Waals surface area contributed by atoms with E-state index in [0.29, 0.717) is 0 Å². The standard InChI is InChI=1S/C18H15FN2O6/c1-27-18(26)21-7-6-20-9-3-2-8(19)12-13(9)17(25)15-11(23)5-4-10(22)14(15)16(12)24/h2-5,20,22-23H,6-7H2,1H3,(H,21,26). The monoisotopic (exact) mass is 374 g/mol. The van der Waals surface area contributed by atoms with Gasteiger partial charge in [-0.15, -0.1) is 0 Å². The first-order chi connectivity index (χ1) is 12.9. The number of phenolic OH excluding ortho intramolecular Hbond substituents is 2. The van der Waals surface area contributed by atoms with Crippen molar-refractivity contribution in [2.45, 2.75) is 0 Å². The Morgan fingerprint density at radius 3 is 2.15 bits per heavy atom. The molecule has 4 N–H and O–H groups in total. The van der Waals surface area contributed by atoms with Crippen LogP contribution in [0.4, 0.5) is 14.9 Å².